The maximum absolute atomic E-state index is 12.5. The lowest BCUT2D eigenvalue weighted by atomic mass is 10.2. The van der Waals surface area contributed by atoms with Crippen LogP contribution in [-0.4, -0.2) is 57.1 Å². The Morgan fingerprint density at radius 1 is 1.21 bits per heavy atom. The zero-order chi connectivity index (χ0) is 19.3. The number of piperazine rings is 1. The number of nitrogens with zero attached hydrogens (tertiary/aromatic N) is 6. The van der Waals surface area contributed by atoms with Crippen molar-refractivity contribution in [1.82, 2.24) is 25.0 Å². The number of thiophene rings is 1. The quantitative estimate of drug-likeness (QED) is 0.602. The van der Waals surface area contributed by atoms with Crippen LogP contribution < -0.4 is 4.90 Å². The first-order valence-corrected chi connectivity index (χ1v) is 10.6. The van der Waals surface area contributed by atoms with Gasteiger partial charge in [-0.05, 0) is 24.3 Å². The zero-order valence-corrected chi connectivity index (χ0v) is 16.8. The van der Waals surface area contributed by atoms with Crippen LogP contribution in [0.15, 0.2) is 22.3 Å². The number of anilines is 1. The molecule has 1 aliphatic rings. The normalized spacial score (nSPS) is 14.8. The molecule has 8 nitrogen and oxygen atoms in total. The van der Waals surface area contributed by atoms with Crippen LogP contribution in [-0.2, 0) is 17.6 Å². The van der Waals surface area contributed by atoms with Crippen LogP contribution in [0.4, 0.5) is 5.82 Å². The number of hydrogen-bond donors (Lipinski definition) is 0. The van der Waals surface area contributed by atoms with E-state index in [2.05, 4.69) is 38.0 Å². The summed E-state index contributed by atoms with van der Waals surface area (Å²) in [6.07, 6.45) is 5.34. The second-order valence-corrected chi connectivity index (χ2v) is 7.81. The number of amides is 1. The summed E-state index contributed by atoms with van der Waals surface area (Å²) in [7, 11) is 0. The number of fused-ring (bicyclic) bond motifs is 1. The van der Waals surface area contributed by atoms with Gasteiger partial charge in [-0.15, -0.1) is 11.3 Å². The van der Waals surface area contributed by atoms with Gasteiger partial charge in [0.1, 0.15) is 17.0 Å². The van der Waals surface area contributed by atoms with E-state index in [-0.39, 0.29) is 5.91 Å². The first-order valence-electron chi connectivity index (χ1n) is 9.77. The second-order valence-electron chi connectivity index (χ2n) is 6.91. The van der Waals surface area contributed by atoms with Crippen molar-refractivity contribution in [1.29, 1.82) is 0 Å². The molecule has 148 valence electrons. The van der Waals surface area contributed by atoms with E-state index in [4.69, 9.17) is 4.52 Å². The van der Waals surface area contributed by atoms with Crippen LogP contribution in [0.5, 0.6) is 0 Å². The van der Waals surface area contributed by atoms with E-state index in [1.54, 1.807) is 17.7 Å². The lowest BCUT2D eigenvalue weighted by Gasteiger charge is -2.35. The minimum atomic E-state index is 0.191. The Morgan fingerprint density at radius 2 is 2.07 bits per heavy atom. The molecular formula is C19H24N6O2S. The van der Waals surface area contributed by atoms with Crippen LogP contribution in [0.1, 0.15) is 37.9 Å². The van der Waals surface area contributed by atoms with Gasteiger partial charge in [0.2, 0.25) is 11.8 Å². The highest BCUT2D eigenvalue weighted by Gasteiger charge is 2.23. The van der Waals surface area contributed by atoms with Crippen LogP contribution in [0.3, 0.4) is 0 Å². The summed E-state index contributed by atoms with van der Waals surface area (Å²) in [4.78, 5) is 30.8. The second kappa shape index (κ2) is 8.64. The van der Waals surface area contributed by atoms with Gasteiger partial charge in [-0.3, -0.25) is 4.79 Å². The maximum atomic E-state index is 12.5. The van der Waals surface area contributed by atoms with Gasteiger partial charge in [-0.2, -0.15) is 4.98 Å². The summed E-state index contributed by atoms with van der Waals surface area (Å²) in [5, 5.41) is 7.08. The third kappa shape index (κ3) is 4.14. The molecule has 0 N–H and O–H groups in total. The van der Waals surface area contributed by atoms with Gasteiger partial charge in [0.05, 0.1) is 5.39 Å². The van der Waals surface area contributed by atoms with E-state index < -0.39 is 0 Å². The molecule has 0 radical (unpaired) electrons. The maximum Gasteiger partial charge on any atom is 0.226 e. The molecule has 0 aliphatic carbocycles. The van der Waals surface area contributed by atoms with Gasteiger partial charge < -0.3 is 14.3 Å². The molecular weight excluding hydrogens is 376 g/mol. The van der Waals surface area contributed by atoms with Crippen molar-refractivity contribution in [2.45, 2.75) is 39.0 Å². The van der Waals surface area contributed by atoms with E-state index >= 15 is 0 Å². The van der Waals surface area contributed by atoms with Gasteiger partial charge in [-0.1, -0.05) is 12.1 Å². The average molecular weight is 401 g/mol. The Hall–Kier alpha value is -2.55. The van der Waals surface area contributed by atoms with Crippen LogP contribution in [0.25, 0.3) is 10.2 Å². The van der Waals surface area contributed by atoms with Crippen molar-refractivity contribution in [2.75, 3.05) is 31.1 Å². The molecule has 1 aliphatic heterocycles. The monoisotopic (exact) mass is 400 g/mol. The topological polar surface area (TPSA) is 88.3 Å². The Morgan fingerprint density at radius 3 is 2.89 bits per heavy atom. The summed E-state index contributed by atoms with van der Waals surface area (Å²) in [6, 6.07) is 2.07. The highest BCUT2D eigenvalue weighted by Crippen LogP contribution is 2.27. The van der Waals surface area contributed by atoms with Gasteiger partial charge in [0.25, 0.3) is 0 Å². The predicted molar refractivity (Wildman–Crippen MR) is 107 cm³/mol. The number of carbonyl (C=O) groups excluding carboxylic acids is 1. The molecule has 0 spiro atoms. The molecule has 4 rings (SSSR count). The molecule has 3 aromatic heterocycles. The predicted octanol–water partition coefficient (Wildman–Crippen LogP) is 2.70. The van der Waals surface area contributed by atoms with Crippen molar-refractivity contribution >= 4 is 33.3 Å². The highest BCUT2D eigenvalue weighted by molar-refractivity contribution is 7.16. The van der Waals surface area contributed by atoms with Crippen molar-refractivity contribution in [3.05, 3.63) is 29.5 Å². The molecule has 3 aromatic rings. The Labute approximate surface area is 167 Å². The SMILES string of the molecule is CCCc1noc(CCCC(=O)N2CCN(c3ncnc4sccc34)CC2)n1. The van der Waals surface area contributed by atoms with E-state index in [9.17, 15) is 4.79 Å². The average Bonchev–Trinajstić information content (AvgIpc) is 3.37. The van der Waals surface area contributed by atoms with Gasteiger partial charge in [-0.25, -0.2) is 9.97 Å². The fourth-order valence-corrected chi connectivity index (χ4v) is 4.19. The Bertz CT molecular complexity index is 931. The van der Waals surface area contributed by atoms with Crippen molar-refractivity contribution in [3.8, 4) is 0 Å². The first-order chi connectivity index (χ1) is 13.7. The van der Waals surface area contributed by atoms with Crippen molar-refractivity contribution < 1.29 is 9.32 Å². The van der Waals surface area contributed by atoms with E-state index in [0.29, 0.717) is 18.7 Å². The number of aromatic nitrogens is 4. The minimum absolute atomic E-state index is 0.191. The number of rotatable bonds is 7. The first kappa shape index (κ1) is 18.8. The molecule has 28 heavy (non-hydrogen) atoms. The van der Waals surface area contributed by atoms with Crippen LogP contribution in [0, 0.1) is 0 Å². The van der Waals surface area contributed by atoms with Gasteiger partial charge in [0.15, 0.2) is 5.82 Å². The van der Waals surface area contributed by atoms with Crippen molar-refractivity contribution in [2.24, 2.45) is 0 Å². The third-order valence-corrected chi connectivity index (χ3v) is 5.76. The van der Waals surface area contributed by atoms with E-state index in [1.165, 1.54) is 0 Å². The smallest absolute Gasteiger partial charge is 0.226 e. The largest absolute Gasteiger partial charge is 0.352 e. The Balaban J connectivity index is 1.25. The van der Waals surface area contributed by atoms with Gasteiger partial charge >= 0.3 is 0 Å². The molecule has 1 fully saturated rings. The molecule has 0 atom stereocenters. The molecule has 0 aromatic carbocycles. The van der Waals surface area contributed by atoms with Crippen LogP contribution in [0.2, 0.25) is 0 Å². The molecule has 0 unspecified atom stereocenters. The summed E-state index contributed by atoms with van der Waals surface area (Å²) >= 11 is 1.62. The number of aryl methyl sites for hydroxylation is 2. The number of hydrogen-bond acceptors (Lipinski definition) is 8. The van der Waals surface area contributed by atoms with Gasteiger partial charge in [0, 0.05) is 45.4 Å². The molecule has 0 saturated carbocycles. The summed E-state index contributed by atoms with van der Waals surface area (Å²) in [5.74, 6) is 2.54. The van der Waals surface area contributed by atoms with E-state index in [0.717, 1.165) is 67.3 Å². The summed E-state index contributed by atoms with van der Waals surface area (Å²) < 4.78 is 5.23. The zero-order valence-electron chi connectivity index (χ0n) is 16.0. The summed E-state index contributed by atoms with van der Waals surface area (Å²) in [6.45, 7) is 5.10. The molecule has 1 amide bonds. The summed E-state index contributed by atoms with van der Waals surface area (Å²) in [5.41, 5.74) is 0. The minimum Gasteiger partial charge on any atom is -0.352 e. The number of carbonyl (C=O) groups is 1. The molecule has 9 heteroatoms. The lowest BCUT2D eigenvalue weighted by Crippen LogP contribution is -2.49. The highest BCUT2D eigenvalue weighted by atomic mass is 32.1. The lowest BCUT2D eigenvalue weighted by molar-refractivity contribution is -0.131. The Kier molecular flexibility index (Phi) is 5.80. The third-order valence-electron chi connectivity index (χ3n) is 4.94. The van der Waals surface area contributed by atoms with Crippen LogP contribution >= 0.6 is 11.3 Å². The fraction of sp³-hybridized carbons (Fsp3) is 0.526. The standard InChI is InChI=1S/C19H24N6O2S/c1-2-4-15-22-16(27-23-15)5-3-6-17(26)24-8-10-25(11-9-24)18-14-7-12-28-19(14)21-13-20-18/h7,12-13H,2-6,8-11H2,1H3. The van der Waals surface area contributed by atoms with E-state index in [1.807, 2.05) is 10.3 Å². The molecule has 0 bridgehead atoms. The molecule has 4 heterocycles. The molecule has 1 saturated heterocycles. The fourth-order valence-electron chi connectivity index (χ4n) is 3.46. The van der Waals surface area contributed by atoms with Crippen molar-refractivity contribution in [3.63, 3.8) is 0 Å².